The van der Waals surface area contributed by atoms with Crippen LogP contribution in [-0.2, 0) is 9.59 Å². The molecule has 0 aromatic heterocycles. The van der Waals surface area contributed by atoms with Crippen LogP contribution in [0.5, 0.6) is 0 Å². The lowest BCUT2D eigenvalue weighted by Gasteiger charge is -2.40. The first-order chi connectivity index (χ1) is 8.79. The van der Waals surface area contributed by atoms with E-state index in [0.29, 0.717) is 12.0 Å². The number of hydrogen-bond donors (Lipinski definition) is 1. The van der Waals surface area contributed by atoms with E-state index in [9.17, 15) is 9.59 Å². The summed E-state index contributed by atoms with van der Waals surface area (Å²) < 4.78 is 0. The summed E-state index contributed by atoms with van der Waals surface area (Å²) >= 11 is 0. The van der Waals surface area contributed by atoms with Crippen LogP contribution in [-0.4, -0.2) is 34.5 Å². The van der Waals surface area contributed by atoms with E-state index in [0.717, 1.165) is 31.6 Å². The van der Waals surface area contributed by atoms with Gasteiger partial charge in [0, 0.05) is 19.0 Å². The highest BCUT2D eigenvalue weighted by atomic mass is 16.4. The number of hydrogen-bond acceptors (Lipinski definition) is 2. The van der Waals surface area contributed by atoms with E-state index in [1.54, 1.807) is 0 Å². The minimum Gasteiger partial charge on any atom is -0.481 e. The molecule has 4 nitrogen and oxygen atoms in total. The van der Waals surface area contributed by atoms with Crippen LogP contribution in [0.3, 0.4) is 0 Å². The summed E-state index contributed by atoms with van der Waals surface area (Å²) in [7, 11) is 0. The maximum Gasteiger partial charge on any atom is 0.308 e. The second-order valence-corrected chi connectivity index (χ2v) is 7.16. The molecule has 0 aromatic rings. The Hall–Kier alpha value is -1.06. The van der Waals surface area contributed by atoms with Gasteiger partial charge >= 0.3 is 5.97 Å². The van der Waals surface area contributed by atoms with Crippen LogP contribution in [0.1, 0.15) is 52.9 Å². The molecule has 1 N–H and O–H groups in total. The first-order valence-electron chi connectivity index (χ1n) is 7.31. The Kier molecular flexibility index (Phi) is 3.88. The average molecular weight is 267 g/mol. The fourth-order valence-corrected chi connectivity index (χ4v) is 3.50. The number of likely N-dealkylation sites (tertiary alicyclic amines) is 1. The van der Waals surface area contributed by atoms with Gasteiger partial charge in [-0.25, -0.2) is 0 Å². The maximum atomic E-state index is 11.9. The maximum absolute atomic E-state index is 11.9. The minimum absolute atomic E-state index is 0.0339. The molecule has 0 spiro atoms. The van der Waals surface area contributed by atoms with Crippen molar-refractivity contribution in [1.29, 1.82) is 0 Å². The first kappa shape index (κ1) is 14.4. The number of rotatable bonds is 2. The summed E-state index contributed by atoms with van der Waals surface area (Å²) in [6.45, 7) is 7.25. The quantitative estimate of drug-likeness (QED) is 0.836. The van der Waals surface area contributed by atoms with Crippen LogP contribution in [0, 0.1) is 17.3 Å². The van der Waals surface area contributed by atoms with Gasteiger partial charge in [0.1, 0.15) is 0 Å². The highest BCUT2D eigenvalue weighted by Gasteiger charge is 2.40. The largest absolute Gasteiger partial charge is 0.481 e. The molecule has 1 aliphatic heterocycles. The van der Waals surface area contributed by atoms with Crippen molar-refractivity contribution < 1.29 is 14.7 Å². The number of aliphatic carboxylic acids is 1. The normalized spacial score (nSPS) is 32.7. The van der Waals surface area contributed by atoms with Crippen molar-refractivity contribution in [2.45, 2.75) is 58.9 Å². The van der Waals surface area contributed by atoms with Gasteiger partial charge in [-0.3, -0.25) is 9.59 Å². The van der Waals surface area contributed by atoms with Crippen molar-refractivity contribution in [2.24, 2.45) is 17.3 Å². The van der Waals surface area contributed by atoms with Crippen molar-refractivity contribution >= 4 is 11.9 Å². The summed E-state index contributed by atoms with van der Waals surface area (Å²) in [5.74, 6) is -0.574. The Morgan fingerprint density at radius 3 is 2.21 bits per heavy atom. The molecule has 2 aliphatic rings. The summed E-state index contributed by atoms with van der Waals surface area (Å²) in [6, 6.07) is 0.274. The van der Waals surface area contributed by atoms with Crippen LogP contribution >= 0.6 is 0 Å². The van der Waals surface area contributed by atoms with Gasteiger partial charge in [0.2, 0.25) is 5.91 Å². The van der Waals surface area contributed by atoms with Crippen LogP contribution in [0.15, 0.2) is 0 Å². The Balaban J connectivity index is 1.92. The third-order valence-electron chi connectivity index (χ3n) is 4.87. The van der Waals surface area contributed by atoms with Crippen molar-refractivity contribution in [1.82, 2.24) is 4.90 Å². The summed E-state index contributed by atoms with van der Waals surface area (Å²) in [5, 5.41) is 9.02. The molecule has 2 fully saturated rings. The predicted octanol–water partition coefficient (Wildman–Crippen LogP) is 2.52. The van der Waals surface area contributed by atoms with Crippen LogP contribution in [0.2, 0.25) is 0 Å². The second-order valence-electron chi connectivity index (χ2n) is 7.16. The second kappa shape index (κ2) is 5.14. The SMILES string of the molecule is CC(C)(C)C1CCC(N2CC(C(=O)O)CC2=O)CC1. The molecule has 0 bridgehead atoms. The van der Waals surface area contributed by atoms with Crippen molar-refractivity contribution in [2.75, 3.05) is 6.54 Å². The Morgan fingerprint density at radius 1 is 1.21 bits per heavy atom. The third-order valence-corrected chi connectivity index (χ3v) is 4.87. The Bertz CT molecular complexity index is 364. The van der Waals surface area contributed by atoms with E-state index in [4.69, 9.17) is 5.11 Å². The molecule has 19 heavy (non-hydrogen) atoms. The van der Waals surface area contributed by atoms with Gasteiger partial charge in [0.25, 0.3) is 0 Å². The number of carboxylic acids is 1. The zero-order valence-corrected chi connectivity index (χ0v) is 12.2. The van der Waals surface area contributed by atoms with Gasteiger partial charge < -0.3 is 10.0 Å². The average Bonchev–Trinajstić information content (AvgIpc) is 2.70. The summed E-state index contributed by atoms with van der Waals surface area (Å²) in [5.41, 5.74) is 0.337. The summed E-state index contributed by atoms with van der Waals surface area (Å²) in [6.07, 6.45) is 4.54. The topological polar surface area (TPSA) is 57.6 Å². The van der Waals surface area contributed by atoms with E-state index in [1.165, 1.54) is 0 Å². The zero-order chi connectivity index (χ0) is 14.2. The fraction of sp³-hybridized carbons (Fsp3) is 0.867. The smallest absolute Gasteiger partial charge is 0.308 e. The minimum atomic E-state index is -0.834. The predicted molar refractivity (Wildman–Crippen MR) is 72.7 cm³/mol. The summed E-state index contributed by atoms with van der Waals surface area (Å²) in [4.78, 5) is 24.7. The molecular formula is C15H25NO3. The molecule has 0 aromatic carbocycles. The van der Waals surface area contributed by atoms with Gasteiger partial charge in [0.05, 0.1) is 5.92 Å². The van der Waals surface area contributed by atoms with E-state index in [-0.39, 0.29) is 18.4 Å². The molecular weight excluding hydrogens is 242 g/mol. The first-order valence-corrected chi connectivity index (χ1v) is 7.31. The fourth-order valence-electron chi connectivity index (χ4n) is 3.50. The number of amides is 1. The molecule has 108 valence electrons. The van der Waals surface area contributed by atoms with Gasteiger partial charge in [-0.2, -0.15) is 0 Å². The molecule has 4 heteroatoms. The third kappa shape index (κ3) is 3.10. The zero-order valence-electron chi connectivity index (χ0n) is 12.2. The number of carbonyl (C=O) groups excluding carboxylic acids is 1. The van der Waals surface area contributed by atoms with Crippen LogP contribution in [0.25, 0.3) is 0 Å². The number of nitrogens with zero attached hydrogens (tertiary/aromatic N) is 1. The number of carboxylic acid groups (broad SMARTS) is 1. The van der Waals surface area contributed by atoms with Crippen molar-refractivity contribution in [3.05, 3.63) is 0 Å². The molecule has 1 saturated heterocycles. The molecule has 1 heterocycles. The van der Waals surface area contributed by atoms with Crippen LogP contribution < -0.4 is 0 Å². The van der Waals surface area contributed by atoms with E-state index >= 15 is 0 Å². The lowest BCUT2D eigenvalue weighted by molar-refractivity contribution is -0.141. The van der Waals surface area contributed by atoms with E-state index in [1.807, 2.05) is 4.90 Å². The van der Waals surface area contributed by atoms with Gasteiger partial charge in [-0.05, 0) is 37.0 Å². The van der Waals surface area contributed by atoms with Gasteiger partial charge in [0.15, 0.2) is 0 Å². The van der Waals surface area contributed by atoms with Crippen LogP contribution in [0.4, 0.5) is 0 Å². The van der Waals surface area contributed by atoms with Gasteiger partial charge in [-0.1, -0.05) is 20.8 Å². The lowest BCUT2D eigenvalue weighted by atomic mass is 9.71. The molecule has 0 radical (unpaired) electrons. The standard InChI is InChI=1S/C15H25NO3/c1-15(2,3)11-4-6-12(7-5-11)16-9-10(14(18)19)8-13(16)17/h10-12H,4-9H2,1-3H3,(H,18,19). The van der Waals surface area contributed by atoms with Gasteiger partial charge in [-0.15, -0.1) is 0 Å². The molecule has 2 rings (SSSR count). The molecule has 1 aliphatic carbocycles. The molecule has 1 unspecified atom stereocenters. The lowest BCUT2D eigenvalue weighted by Crippen LogP contribution is -2.41. The van der Waals surface area contributed by atoms with E-state index < -0.39 is 11.9 Å². The molecule has 1 amide bonds. The highest BCUT2D eigenvalue weighted by Crippen LogP contribution is 2.40. The Morgan fingerprint density at radius 2 is 1.79 bits per heavy atom. The highest BCUT2D eigenvalue weighted by molar-refractivity contribution is 5.86. The van der Waals surface area contributed by atoms with Crippen molar-refractivity contribution in [3.8, 4) is 0 Å². The van der Waals surface area contributed by atoms with Crippen molar-refractivity contribution in [3.63, 3.8) is 0 Å². The molecule has 1 atom stereocenters. The molecule has 1 saturated carbocycles. The Labute approximate surface area is 115 Å². The number of carbonyl (C=O) groups is 2. The monoisotopic (exact) mass is 267 g/mol. The van der Waals surface area contributed by atoms with E-state index in [2.05, 4.69) is 20.8 Å².